The van der Waals surface area contributed by atoms with Crippen molar-refractivity contribution in [3.8, 4) is 11.3 Å². The van der Waals surface area contributed by atoms with E-state index in [-0.39, 0.29) is 5.91 Å². The van der Waals surface area contributed by atoms with Crippen molar-refractivity contribution in [2.75, 3.05) is 27.2 Å². The summed E-state index contributed by atoms with van der Waals surface area (Å²) in [6.07, 6.45) is 3.99. The average molecular weight is 355 g/mol. The Balaban J connectivity index is 1.46. The van der Waals surface area contributed by atoms with Crippen LogP contribution in [0.3, 0.4) is 0 Å². The predicted octanol–water partition coefficient (Wildman–Crippen LogP) is 2.62. The molecular weight excluding hydrogens is 334 g/mol. The highest BCUT2D eigenvalue weighted by molar-refractivity contribution is 7.14. The molecule has 1 aliphatic heterocycles. The second-order valence-electron chi connectivity index (χ2n) is 6.66. The molecule has 0 saturated carbocycles. The van der Waals surface area contributed by atoms with Crippen molar-refractivity contribution in [3.05, 3.63) is 41.5 Å². The SMILES string of the molecule is CN(C)C1CCN(C(=O)c2ccc(-c3cn4ncsc4n3)cc2)CC1. The number of carbonyl (C=O) groups is 1. The summed E-state index contributed by atoms with van der Waals surface area (Å²) in [5.41, 5.74) is 4.39. The Kier molecular flexibility index (Phi) is 4.27. The Morgan fingerprint density at radius 3 is 2.56 bits per heavy atom. The zero-order valence-electron chi connectivity index (χ0n) is 14.4. The van der Waals surface area contributed by atoms with Crippen molar-refractivity contribution in [1.29, 1.82) is 0 Å². The number of fused-ring (bicyclic) bond motifs is 1. The summed E-state index contributed by atoms with van der Waals surface area (Å²) in [6, 6.07) is 8.31. The lowest BCUT2D eigenvalue weighted by atomic mass is 10.0. The van der Waals surface area contributed by atoms with Gasteiger partial charge in [-0.1, -0.05) is 23.5 Å². The largest absolute Gasteiger partial charge is 0.339 e. The molecule has 0 atom stereocenters. The van der Waals surface area contributed by atoms with Gasteiger partial charge < -0.3 is 9.80 Å². The maximum absolute atomic E-state index is 12.7. The van der Waals surface area contributed by atoms with Gasteiger partial charge in [0, 0.05) is 30.3 Å². The fraction of sp³-hybridized carbons (Fsp3) is 0.389. The van der Waals surface area contributed by atoms with Gasteiger partial charge in [-0.2, -0.15) is 5.10 Å². The maximum atomic E-state index is 12.7. The van der Waals surface area contributed by atoms with E-state index in [2.05, 4.69) is 29.1 Å². The molecule has 130 valence electrons. The van der Waals surface area contributed by atoms with Crippen molar-refractivity contribution in [2.45, 2.75) is 18.9 Å². The maximum Gasteiger partial charge on any atom is 0.253 e. The number of hydrogen-bond donors (Lipinski definition) is 0. The van der Waals surface area contributed by atoms with E-state index in [0.717, 1.165) is 47.7 Å². The van der Waals surface area contributed by atoms with Crippen molar-refractivity contribution in [1.82, 2.24) is 24.4 Å². The van der Waals surface area contributed by atoms with Crippen LogP contribution in [-0.4, -0.2) is 63.5 Å². The summed E-state index contributed by atoms with van der Waals surface area (Å²) in [5.74, 6) is 0.122. The third-order valence-corrected chi connectivity index (χ3v) is 5.58. The molecule has 6 nitrogen and oxygen atoms in total. The van der Waals surface area contributed by atoms with Crippen LogP contribution >= 0.6 is 11.3 Å². The molecule has 1 fully saturated rings. The van der Waals surface area contributed by atoms with Gasteiger partial charge in [0.15, 0.2) is 0 Å². The number of rotatable bonds is 3. The molecule has 0 unspecified atom stereocenters. The third kappa shape index (κ3) is 3.17. The monoisotopic (exact) mass is 355 g/mol. The molecule has 1 amide bonds. The molecule has 1 aliphatic rings. The average Bonchev–Trinajstić information content (AvgIpc) is 3.23. The normalized spacial score (nSPS) is 16.0. The van der Waals surface area contributed by atoms with Crippen LogP contribution in [0.1, 0.15) is 23.2 Å². The first-order valence-corrected chi connectivity index (χ1v) is 9.35. The fourth-order valence-electron chi connectivity index (χ4n) is 3.33. The number of aromatic nitrogens is 3. The summed E-state index contributed by atoms with van der Waals surface area (Å²) in [6.45, 7) is 1.65. The lowest BCUT2D eigenvalue weighted by Gasteiger charge is -2.35. The molecule has 7 heteroatoms. The molecule has 25 heavy (non-hydrogen) atoms. The van der Waals surface area contributed by atoms with Gasteiger partial charge in [-0.05, 0) is 39.1 Å². The second kappa shape index (κ2) is 6.57. The van der Waals surface area contributed by atoms with Gasteiger partial charge >= 0.3 is 0 Å². The molecule has 0 aliphatic carbocycles. The van der Waals surface area contributed by atoms with Crippen LogP contribution in [0, 0.1) is 0 Å². The van der Waals surface area contributed by atoms with Gasteiger partial charge in [0.25, 0.3) is 5.91 Å². The molecule has 0 bridgehead atoms. The van der Waals surface area contributed by atoms with E-state index in [4.69, 9.17) is 0 Å². The summed E-state index contributed by atoms with van der Waals surface area (Å²) in [7, 11) is 4.22. The minimum absolute atomic E-state index is 0.122. The Bertz CT molecular complexity index is 846. The first-order chi connectivity index (χ1) is 12.1. The Morgan fingerprint density at radius 1 is 1.20 bits per heavy atom. The lowest BCUT2D eigenvalue weighted by molar-refractivity contribution is 0.0663. The molecule has 0 radical (unpaired) electrons. The van der Waals surface area contributed by atoms with Gasteiger partial charge in [0.05, 0.1) is 11.9 Å². The Morgan fingerprint density at radius 2 is 1.92 bits per heavy atom. The Hall–Kier alpha value is -2.25. The predicted molar refractivity (Wildman–Crippen MR) is 98.9 cm³/mol. The van der Waals surface area contributed by atoms with Crippen molar-refractivity contribution in [3.63, 3.8) is 0 Å². The van der Waals surface area contributed by atoms with Gasteiger partial charge in [0.2, 0.25) is 4.96 Å². The molecule has 1 aromatic carbocycles. The number of benzene rings is 1. The van der Waals surface area contributed by atoms with Crippen LogP contribution in [0.5, 0.6) is 0 Å². The standard InChI is InChI=1S/C18H21N5OS/c1-21(2)15-7-9-22(10-8-15)17(24)14-5-3-13(4-6-14)16-11-23-18(20-16)25-12-19-23/h3-6,11-12,15H,7-10H2,1-2H3. The lowest BCUT2D eigenvalue weighted by Crippen LogP contribution is -2.44. The van der Waals surface area contributed by atoms with Gasteiger partial charge in [-0.25, -0.2) is 9.50 Å². The van der Waals surface area contributed by atoms with Crippen molar-refractivity contribution in [2.24, 2.45) is 0 Å². The van der Waals surface area contributed by atoms with Gasteiger partial charge in [-0.15, -0.1) is 0 Å². The van der Waals surface area contributed by atoms with Gasteiger partial charge in [-0.3, -0.25) is 4.79 Å². The zero-order valence-corrected chi connectivity index (χ0v) is 15.2. The summed E-state index contributed by atoms with van der Waals surface area (Å²) >= 11 is 1.51. The smallest absolute Gasteiger partial charge is 0.253 e. The van der Waals surface area contributed by atoms with E-state index >= 15 is 0 Å². The van der Waals surface area contributed by atoms with E-state index in [1.165, 1.54) is 11.3 Å². The van der Waals surface area contributed by atoms with Crippen LogP contribution < -0.4 is 0 Å². The topological polar surface area (TPSA) is 53.7 Å². The van der Waals surface area contributed by atoms with E-state index in [1.807, 2.05) is 35.4 Å². The van der Waals surface area contributed by atoms with Crippen LogP contribution in [0.15, 0.2) is 36.0 Å². The number of nitrogens with zero attached hydrogens (tertiary/aromatic N) is 5. The highest BCUT2D eigenvalue weighted by Crippen LogP contribution is 2.22. The van der Waals surface area contributed by atoms with E-state index in [1.54, 1.807) is 10.0 Å². The second-order valence-corrected chi connectivity index (χ2v) is 7.47. The molecule has 3 aromatic rings. The van der Waals surface area contributed by atoms with Crippen molar-refractivity contribution >= 4 is 22.2 Å². The van der Waals surface area contributed by atoms with Crippen LogP contribution in [-0.2, 0) is 0 Å². The number of carbonyl (C=O) groups excluding carboxylic acids is 1. The van der Waals surface area contributed by atoms with Crippen LogP contribution in [0.25, 0.3) is 16.2 Å². The van der Waals surface area contributed by atoms with E-state index in [0.29, 0.717) is 6.04 Å². The molecule has 3 heterocycles. The minimum Gasteiger partial charge on any atom is -0.339 e. The molecule has 1 saturated heterocycles. The number of hydrogen-bond acceptors (Lipinski definition) is 5. The molecule has 0 N–H and O–H groups in total. The minimum atomic E-state index is 0.122. The molecule has 2 aromatic heterocycles. The molecular formula is C18H21N5OS. The summed E-state index contributed by atoms with van der Waals surface area (Å²) in [5, 5.41) is 4.20. The number of likely N-dealkylation sites (tertiary alicyclic amines) is 1. The number of piperidine rings is 1. The van der Waals surface area contributed by atoms with E-state index in [9.17, 15) is 4.79 Å². The van der Waals surface area contributed by atoms with Crippen molar-refractivity contribution < 1.29 is 4.79 Å². The van der Waals surface area contributed by atoms with Crippen LogP contribution in [0.2, 0.25) is 0 Å². The first kappa shape index (κ1) is 16.2. The third-order valence-electron chi connectivity index (χ3n) is 4.90. The number of imidazole rings is 1. The zero-order chi connectivity index (χ0) is 17.4. The molecule has 0 spiro atoms. The first-order valence-electron chi connectivity index (χ1n) is 8.47. The van der Waals surface area contributed by atoms with Gasteiger partial charge in [0.1, 0.15) is 5.51 Å². The quantitative estimate of drug-likeness (QED) is 0.725. The molecule has 4 rings (SSSR count). The summed E-state index contributed by atoms with van der Waals surface area (Å²) < 4.78 is 1.77. The van der Waals surface area contributed by atoms with E-state index < -0.39 is 0 Å². The highest BCUT2D eigenvalue weighted by Gasteiger charge is 2.24. The van der Waals surface area contributed by atoms with Crippen LogP contribution in [0.4, 0.5) is 0 Å². The highest BCUT2D eigenvalue weighted by atomic mass is 32.1. The summed E-state index contributed by atoms with van der Waals surface area (Å²) in [4.78, 5) is 22.3. The Labute approximate surface area is 150 Å². The fourth-order valence-corrected chi connectivity index (χ4v) is 3.93. The number of amides is 1.